The molecule has 0 aliphatic carbocycles. The second kappa shape index (κ2) is 8.71. The highest BCUT2D eigenvalue weighted by Gasteiger charge is 2.42. The van der Waals surface area contributed by atoms with Crippen molar-refractivity contribution in [2.75, 3.05) is 20.4 Å². The first-order valence-corrected chi connectivity index (χ1v) is 8.76. The Morgan fingerprint density at radius 2 is 1.83 bits per heavy atom. The summed E-state index contributed by atoms with van der Waals surface area (Å²) in [4.78, 5) is 38.6. The predicted octanol–water partition coefficient (Wildman–Crippen LogP) is 2.93. The van der Waals surface area contributed by atoms with E-state index in [0.717, 1.165) is 7.11 Å². The van der Waals surface area contributed by atoms with Crippen molar-refractivity contribution in [3.63, 3.8) is 0 Å². The second-order valence-corrected chi connectivity index (χ2v) is 8.33. The van der Waals surface area contributed by atoms with Crippen molar-refractivity contribution in [3.05, 3.63) is 0 Å². The van der Waals surface area contributed by atoms with Gasteiger partial charge in [0.2, 0.25) is 5.91 Å². The van der Waals surface area contributed by atoms with E-state index in [-0.39, 0.29) is 25.7 Å². The first-order chi connectivity index (χ1) is 9.85. The number of amides is 2. The molecule has 2 atom stereocenters. The molecule has 0 rings (SSSR count). The molecular weight excluding hydrogens is 319 g/mol. The largest absolute Gasteiger partial charge is 0.347 e. The van der Waals surface area contributed by atoms with Crippen LogP contribution in [0, 0.1) is 10.8 Å². The highest BCUT2D eigenvalue weighted by Crippen LogP contribution is 2.43. The van der Waals surface area contributed by atoms with Crippen molar-refractivity contribution in [1.82, 2.24) is 4.90 Å². The average molecular weight is 350 g/mol. The predicted molar refractivity (Wildman–Crippen MR) is 92.6 cm³/mol. The number of hydrogen-bond acceptors (Lipinski definition) is 4. The van der Waals surface area contributed by atoms with Gasteiger partial charge in [0.25, 0.3) is 5.91 Å². The third kappa shape index (κ3) is 6.53. The summed E-state index contributed by atoms with van der Waals surface area (Å²) < 4.78 is 16.1. The Bertz CT molecular complexity index is 492. The summed E-state index contributed by atoms with van der Waals surface area (Å²) in [5.41, 5.74) is -1.69. The normalized spacial score (nSPS) is 16.5. The molecule has 7 nitrogen and oxygen atoms in total. The fourth-order valence-electron chi connectivity index (χ4n) is 2.47. The monoisotopic (exact) mass is 350 g/mol. The Morgan fingerprint density at radius 1 is 1.35 bits per heavy atom. The van der Waals surface area contributed by atoms with Crippen molar-refractivity contribution in [2.45, 2.75) is 48.0 Å². The molecule has 0 aromatic carbocycles. The van der Waals surface area contributed by atoms with Crippen LogP contribution in [0.1, 0.15) is 48.0 Å². The third-order valence-electron chi connectivity index (χ3n) is 3.87. The van der Waals surface area contributed by atoms with E-state index in [9.17, 15) is 19.0 Å². The van der Waals surface area contributed by atoms with Crippen LogP contribution in [0.25, 0.3) is 0 Å². The summed E-state index contributed by atoms with van der Waals surface area (Å²) in [5.74, 6) is -0.696. The number of aliphatic imine (C=N–C) groups is 1. The quantitative estimate of drug-likeness (QED) is 0.536. The van der Waals surface area contributed by atoms with Gasteiger partial charge in [0.1, 0.15) is 6.29 Å². The molecule has 2 unspecified atom stereocenters. The topological polar surface area (TPSA) is 96.3 Å². The van der Waals surface area contributed by atoms with E-state index in [2.05, 4.69) is 16.2 Å². The Labute approximate surface area is 139 Å². The van der Waals surface area contributed by atoms with Crippen LogP contribution in [0.5, 0.6) is 0 Å². The number of carbonyl (C=O) groups excluding carboxylic acids is 2. The van der Waals surface area contributed by atoms with Gasteiger partial charge in [-0.25, -0.2) is 4.99 Å². The van der Waals surface area contributed by atoms with Crippen molar-refractivity contribution < 1.29 is 23.6 Å². The fourth-order valence-corrected chi connectivity index (χ4v) is 3.25. The van der Waals surface area contributed by atoms with E-state index in [1.54, 1.807) is 20.8 Å². The average Bonchev–Trinajstić information content (AvgIpc) is 2.44. The van der Waals surface area contributed by atoms with Gasteiger partial charge in [0.05, 0.1) is 0 Å². The lowest BCUT2D eigenvalue weighted by molar-refractivity contribution is -0.143. The van der Waals surface area contributed by atoms with E-state index >= 15 is 0 Å². The summed E-state index contributed by atoms with van der Waals surface area (Å²) in [6, 6.07) is 0. The van der Waals surface area contributed by atoms with Gasteiger partial charge in [-0.05, 0) is 19.6 Å². The summed E-state index contributed by atoms with van der Waals surface area (Å²) in [6.45, 7) is 10.2. The van der Waals surface area contributed by atoms with Gasteiger partial charge in [0, 0.05) is 25.0 Å². The fraction of sp³-hybridized carbons (Fsp3) is 0.800. The first kappa shape index (κ1) is 24.2. The van der Waals surface area contributed by atoms with Crippen LogP contribution in [-0.2, 0) is 18.7 Å². The van der Waals surface area contributed by atoms with Crippen molar-refractivity contribution in [1.29, 1.82) is 0 Å². The zero-order valence-corrected chi connectivity index (χ0v) is 15.1. The van der Waals surface area contributed by atoms with E-state index in [4.69, 9.17) is 0 Å². The van der Waals surface area contributed by atoms with Crippen molar-refractivity contribution >= 4 is 26.1 Å². The second-order valence-electron chi connectivity index (χ2n) is 6.40. The van der Waals surface area contributed by atoms with E-state index in [0.29, 0.717) is 6.42 Å². The summed E-state index contributed by atoms with van der Waals surface area (Å²) in [7, 11) is -1.27. The molecule has 0 aliphatic rings. The molecule has 1 N–H and O–H groups in total. The number of nitrogens with zero attached hydrogens (tertiary/aromatic N) is 2. The highest BCUT2D eigenvalue weighted by molar-refractivity contribution is 7.52. The Balaban J connectivity index is 0. The molecular formula is C15H31N2O5P. The molecule has 23 heavy (non-hydrogen) atoms. The standard InChI is InChI=1S/C14H27N2O5P.CH4/c1-8-14(4,9-13(2,3)11(17)15-5)12(18)16(6)10-22(19,20)21-7;/h5,8-10H2,1-4,6-7H3,(H,19,20);1H4. The van der Waals surface area contributed by atoms with Crippen LogP contribution >= 0.6 is 7.60 Å². The molecule has 8 heteroatoms. The highest BCUT2D eigenvalue weighted by atomic mass is 31.2. The number of carbonyl (C=O) groups is 2. The van der Waals surface area contributed by atoms with Crippen molar-refractivity contribution in [3.8, 4) is 0 Å². The molecule has 0 aromatic rings. The summed E-state index contributed by atoms with van der Waals surface area (Å²) >= 11 is 0. The van der Waals surface area contributed by atoms with Crippen LogP contribution in [0.15, 0.2) is 4.99 Å². The molecule has 2 amide bonds. The van der Waals surface area contributed by atoms with Gasteiger partial charge >= 0.3 is 7.60 Å². The SMILES string of the molecule is C.C=NC(=O)C(C)(C)CC(C)(CC)C(=O)N(C)CP(=O)(O)OC. The first-order valence-electron chi connectivity index (χ1n) is 6.99. The van der Waals surface area contributed by atoms with Gasteiger partial charge in [-0.3, -0.25) is 14.2 Å². The molecule has 136 valence electrons. The van der Waals surface area contributed by atoms with Gasteiger partial charge in [0.15, 0.2) is 0 Å². The number of hydrogen-bond donors (Lipinski definition) is 1. The summed E-state index contributed by atoms with van der Waals surface area (Å²) in [6.07, 6.45) is 0.346. The molecule has 0 aliphatic heterocycles. The maximum Gasteiger partial charge on any atom is 0.347 e. The zero-order valence-electron chi connectivity index (χ0n) is 14.3. The van der Waals surface area contributed by atoms with Crippen LogP contribution in [0.4, 0.5) is 0 Å². The molecule has 0 bridgehead atoms. The Morgan fingerprint density at radius 3 is 2.17 bits per heavy atom. The third-order valence-corrected chi connectivity index (χ3v) is 5.23. The Hall–Kier alpha value is -1.04. The van der Waals surface area contributed by atoms with E-state index < -0.39 is 24.7 Å². The van der Waals surface area contributed by atoms with Gasteiger partial charge in [-0.1, -0.05) is 35.1 Å². The van der Waals surface area contributed by atoms with Crippen LogP contribution in [0.2, 0.25) is 0 Å². The van der Waals surface area contributed by atoms with Crippen molar-refractivity contribution in [2.24, 2.45) is 15.8 Å². The lowest BCUT2D eigenvalue weighted by Gasteiger charge is -2.37. The van der Waals surface area contributed by atoms with Gasteiger partial charge in [-0.15, -0.1) is 0 Å². The van der Waals surface area contributed by atoms with E-state index in [1.165, 1.54) is 11.9 Å². The Kier molecular flexibility index (Phi) is 9.17. The molecule has 0 heterocycles. The molecule has 0 radical (unpaired) electrons. The van der Waals surface area contributed by atoms with Gasteiger partial charge in [-0.2, -0.15) is 0 Å². The lowest BCUT2D eigenvalue weighted by atomic mass is 9.71. The van der Waals surface area contributed by atoms with Gasteiger partial charge < -0.3 is 14.3 Å². The molecule has 0 fully saturated rings. The lowest BCUT2D eigenvalue weighted by Crippen LogP contribution is -2.44. The maximum absolute atomic E-state index is 12.7. The van der Waals surface area contributed by atoms with Crippen LogP contribution in [-0.4, -0.2) is 48.8 Å². The van der Waals surface area contributed by atoms with E-state index in [1.807, 2.05) is 6.92 Å². The van der Waals surface area contributed by atoms with Crippen LogP contribution in [0.3, 0.4) is 0 Å². The minimum absolute atomic E-state index is 0. The van der Waals surface area contributed by atoms with Crippen LogP contribution < -0.4 is 0 Å². The zero-order chi connectivity index (χ0) is 17.8. The number of rotatable bonds is 8. The summed E-state index contributed by atoms with van der Waals surface area (Å²) in [5, 5.41) is 0. The maximum atomic E-state index is 12.7. The minimum atomic E-state index is -3.83. The molecule has 0 aromatic heterocycles. The molecule has 0 saturated heterocycles. The molecule has 0 spiro atoms. The minimum Gasteiger partial charge on any atom is -0.333 e. The smallest absolute Gasteiger partial charge is 0.333 e. The molecule has 0 saturated carbocycles.